The van der Waals surface area contributed by atoms with E-state index < -0.39 is 5.41 Å². The predicted molar refractivity (Wildman–Crippen MR) is 123 cm³/mol. The number of methoxy groups -OCH3 is 2. The van der Waals surface area contributed by atoms with E-state index in [1.165, 1.54) is 12.0 Å². The number of imide groups is 1. The molecule has 2 aromatic rings. The zero-order valence-electron chi connectivity index (χ0n) is 19.0. The molecule has 2 atom stereocenters. The Morgan fingerprint density at radius 1 is 1.22 bits per heavy atom. The number of hydrogen-bond donors (Lipinski definition) is 0. The van der Waals surface area contributed by atoms with Crippen LogP contribution in [0.15, 0.2) is 41.8 Å². The molecule has 172 valence electrons. The molecule has 0 aliphatic carbocycles. The molecule has 3 rings (SSSR count). The van der Waals surface area contributed by atoms with Crippen molar-refractivity contribution in [3.63, 3.8) is 0 Å². The number of nitrogens with zero attached hydrogens (tertiary/aromatic N) is 2. The third kappa shape index (κ3) is 4.56. The van der Waals surface area contributed by atoms with Gasteiger partial charge in [-0.1, -0.05) is 24.3 Å². The highest BCUT2D eigenvalue weighted by Crippen LogP contribution is 2.44. The van der Waals surface area contributed by atoms with Crippen LogP contribution in [0.1, 0.15) is 42.7 Å². The van der Waals surface area contributed by atoms with Gasteiger partial charge in [-0.15, -0.1) is 11.3 Å². The van der Waals surface area contributed by atoms with Crippen LogP contribution in [0.3, 0.4) is 0 Å². The molecule has 1 saturated heterocycles. The van der Waals surface area contributed by atoms with E-state index in [4.69, 9.17) is 9.47 Å². The lowest BCUT2D eigenvalue weighted by Gasteiger charge is -2.32. The molecular weight excluding hydrogens is 428 g/mol. The molecule has 2 heterocycles. The minimum Gasteiger partial charge on any atom is -0.496 e. The molecule has 8 heteroatoms. The first-order chi connectivity index (χ1) is 15.4. The van der Waals surface area contributed by atoms with Gasteiger partial charge in [0.25, 0.3) is 0 Å². The number of amides is 3. The van der Waals surface area contributed by atoms with Crippen LogP contribution in [0.5, 0.6) is 5.75 Å². The summed E-state index contributed by atoms with van der Waals surface area (Å²) in [4.78, 5) is 44.0. The standard InChI is InChI=1S/C24H30N2O5S/c1-17(20-11-7-14-32-20)25(2)21(27)15-24(18-9-5-6-10-19(18)31-4)16-22(28)26(23(24)29)12-8-13-30-3/h5-7,9-11,14,17H,8,12-13,15-16H2,1-4H3/t17-,24-/m0/s1. The van der Waals surface area contributed by atoms with E-state index in [-0.39, 0.29) is 43.1 Å². The molecule has 0 bridgehead atoms. The summed E-state index contributed by atoms with van der Waals surface area (Å²) in [5.41, 5.74) is -0.724. The van der Waals surface area contributed by atoms with E-state index in [9.17, 15) is 14.4 Å². The third-order valence-electron chi connectivity index (χ3n) is 6.14. The molecule has 7 nitrogen and oxygen atoms in total. The van der Waals surface area contributed by atoms with Gasteiger partial charge in [0.15, 0.2) is 0 Å². The Morgan fingerprint density at radius 2 is 1.97 bits per heavy atom. The average Bonchev–Trinajstić information content (AvgIpc) is 3.41. The van der Waals surface area contributed by atoms with E-state index in [1.54, 1.807) is 54.7 Å². The highest BCUT2D eigenvalue weighted by atomic mass is 32.1. The third-order valence-corrected chi connectivity index (χ3v) is 7.19. The normalized spacial score (nSPS) is 19.3. The number of rotatable bonds is 10. The van der Waals surface area contributed by atoms with Crippen LogP contribution in [0.2, 0.25) is 0 Å². The van der Waals surface area contributed by atoms with Crippen LogP contribution in [0.4, 0.5) is 0 Å². The second-order valence-corrected chi connectivity index (χ2v) is 9.01. The summed E-state index contributed by atoms with van der Waals surface area (Å²) < 4.78 is 10.6. The van der Waals surface area contributed by atoms with Crippen LogP contribution in [0, 0.1) is 0 Å². The lowest BCUT2D eigenvalue weighted by atomic mass is 9.75. The van der Waals surface area contributed by atoms with Crippen molar-refractivity contribution in [1.82, 2.24) is 9.80 Å². The molecule has 1 aromatic heterocycles. The van der Waals surface area contributed by atoms with Crippen LogP contribution >= 0.6 is 11.3 Å². The average molecular weight is 459 g/mol. The number of carbonyl (C=O) groups is 3. The van der Waals surface area contributed by atoms with Gasteiger partial charge >= 0.3 is 0 Å². The Kier molecular flexibility index (Phi) is 7.69. The van der Waals surface area contributed by atoms with E-state index in [0.29, 0.717) is 24.3 Å². The summed E-state index contributed by atoms with van der Waals surface area (Å²) in [7, 11) is 4.84. The van der Waals surface area contributed by atoms with E-state index in [0.717, 1.165) is 4.88 Å². The van der Waals surface area contributed by atoms with Crippen molar-refractivity contribution in [1.29, 1.82) is 0 Å². The second kappa shape index (κ2) is 10.3. The first-order valence-electron chi connectivity index (χ1n) is 10.6. The van der Waals surface area contributed by atoms with Crippen LogP contribution < -0.4 is 4.74 Å². The lowest BCUT2D eigenvalue weighted by molar-refractivity contribution is -0.143. The molecule has 1 fully saturated rings. The summed E-state index contributed by atoms with van der Waals surface area (Å²) in [5, 5.41) is 1.97. The summed E-state index contributed by atoms with van der Waals surface area (Å²) in [5.74, 6) is -0.335. The monoisotopic (exact) mass is 458 g/mol. The predicted octanol–water partition coefficient (Wildman–Crippen LogP) is 3.40. The van der Waals surface area contributed by atoms with Gasteiger partial charge in [-0.3, -0.25) is 19.3 Å². The molecule has 0 radical (unpaired) electrons. The number of benzene rings is 1. The largest absolute Gasteiger partial charge is 0.496 e. The van der Waals surface area contributed by atoms with Gasteiger partial charge in [-0.25, -0.2) is 0 Å². The topological polar surface area (TPSA) is 76.2 Å². The Morgan fingerprint density at radius 3 is 2.62 bits per heavy atom. The van der Waals surface area contributed by atoms with E-state index in [1.807, 2.05) is 24.4 Å². The Labute approximate surface area is 192 Å². The molecule has 3 amide bonds. The van der Waals surface area contributed by atoms with Crippen molar-refractivity contribution in [3.8, 4) is 5.75 Å². The van der Waals surface area contributed by atoms with Gasteiger partial charge in [0.05, 0.1) is 18.6 Å². The molecule has 1 aliphatic rings. The van der Waals surface area contributed by atoms with Crippen molar-refractivity contribution in [2.75, 3.05) is 34.4 Å². The van der Waals surface area contributed by atoms with Gasteiger partial charge in [0.1, 0.15) is 5.75 Å². The highest BCUT2D eigenvalue weighted by Gasteiger charge is 2.55. The first-order valence-corrected chi connectivity index (χ1v) is 11.5. The summed E-state index contributed by atoms with van der Waals surface area (Å²) in [6.07, 6.45) is 0.371. The molecule has 32 heavy (non-hydrogen) atoms. The zero-order chi connectivity index (χ0) is 23.3. The van der Waals surface area contributed by atoms with Gasteiger partial charge in [0.2, 0.25) is 17.7 Å². The minimum atomic E-state index is -1.29. The fourth-order valence-electron chi connectivity index (χ4n) is 4.20. The van der Waals surface area contributed by atoms with Crippen molar-refractivity contribution >= 4 is 29.1 Å². The maximum Gasteiger partial charge on any atom is 0.241 e. The molecule has 1 aromatic carbocycles. The smallest absolute Gasteiger partial charge is 0.241 e. The first kappa shape index (κ1) is 23.9. The van der Waals surface area contributed by atoms with Gasteiger partial charge in [0, 0.05) is 50.6 Å². The molecular formula is C24H30N2O5S. The van der Waals surface area contributed by atoms with Crippen molar-refractivity contribution < 1.29 is 23.9 Å². The molecule has 0 N–H and O–H groups in total. The van der Waals surface area contributed by atoms with E-state index >= 15 is 0 Å². The maximum atomic E-state index is 13.7. The van der Waals surface area contributed by atoms with Crippen LogP contribution in [0.25, 0.3) is 0 Å². The van der Waals surface area contributed by atoms with Crippen LogP contribution in [-0.4, -0.2) is 61.9 Å². The fraction of sp³-hybridized carbons (Fsp3) is 0.458. The quantitative estimate of drug-likeness (QED) is 0.403. The number of ether oxygens (including phenoxy) is 2. The fourth-order valence-corrected chi connectivity index (χ4v) is 5.02. The number of hydrogen-bond acceptors (Lipinski definition) is 6. The summed E-state index contributed by atoms with van der Waals surface area (Å²) >= 11 is 1.58. The van der Waals surface area contributed by atoms with E-state index in [2.05, 4.69) is 0 Å². The summed E-state index contributed by atoms with van der Waals surface area (Å²) in [6, 6.07) is 10.9. The molecule has 1 aliphatic heterocycles. The van der Waals surface area contributed by atoms with Crippen molar-refractivity contribution in [2.24, 2.45) is 0 Å². The molecule has 0 unspecified atom stereocenters. The number of likely N-dealkylation sites (tertiary alicyclic amines) is 1. The Hall–Kier alpha value is -2.71. The highest BCUT2D eigenvalue weighted by molar-refractivity contribution is 7.10. The Balaban J connectivity index is 1.96. The van der Waals surface area contributed by atoms with Gasteiger partial charge in [-0.2, -0.15) is 0 Å². The zero-order valence-corrected chi connectivity index (χ0v) is 19.8. The maximum absolute atomic E-state index is 13.7. The van der Waals surface area contributed by atoms with Gasteiger partial charge in [-0.05, 0) is 30.9 Å². The number of para-hydroxylation sites is 1. The number of carbonyl (C=O) groups excluding carboxylic acids is 3. The van der Waals surface area contributed by atoms with Crippen molar-refractivity contribution in [3.05, 3.63) is 52.2 Å². The van der Waals surface area contributed by atoms with Crippen LogP contribution in [-0.2, 0) is 24.5 Å². The lowest BCUT2D eigenvalue weighted by Crippen LogP contribution is -2.43. The Bertz CT molecular complexity index is 961. The number of thiophene rings is 1. The SMILES string of the molecule is COCCCN1C(=O)C[C@@](CC(=O)N(C)[C@@H](C)c2cccs2)(c2ccccc2OC)C1=O. The molecule has 0 saturated carbocycles. The minimum absolute atomic E-state index is 0.0633. The summed E-state index contributed by atoms with van der Waals surface area (Å²) in [6.45, 7) is 2.66. The van der Waals surface area contributed by atoms with Crippen molar-refractivity contribution in [2.45, 2.75) is 37.6 Å². The second-order valence-electron chi connectivity index (χ2n) is 8.03. The molecule has 0 spiro atoms. The van der Waals surface area contributed by atoms with Gasteiger partial charge < -0.3 is 14.4 Å².